The first-order valence-electron chi connectivity index (χ1n) is 8.05. The highest BCUT2D eigenvalue weighted by atomic mass is 16.5. The van der Waals surface area contributed by atoms with E-state index in [1.54, 1.807) is 19.3 Å². The fourth-order valence-electron chi connectivity index (χ4n) is 2.54. The van der Waals surface area contributed by atoms with E-state index in [-0.39, 0.29) is 11.9 Å². The average Bonchev–Trinajstić information content (AvgIpc) is 2.60. The van der Waals surface area contributed by atoms with Crippen LogP contribution in [0.4, 0.5) is 0 Å². The standard InChI is InChI=1S/C20H24N2O2/c1-22(2)15-18(16-9-5-4-6-10-16)21-20(23)14-13-17-11-7-8-12-19(17)24-3/h4-14,18H,15H2,1-3H3,(H,21,23)/p+1/b14-13+/t18-/m0/s1. The van der Waals surface area contributed by atoms with Gasteiger partial charge in [-0.3, -0.25) is 4.79 Å². The number of quaternary nitrogens is 1. The maximum absolute atomic E-state index is 12.3. The molecule has 0 fully saturated rings. The Bertz CT molecular complexity index is 681. The second kappa shape index (κ2) is 8.89. The number of likely N-dealkylation sites (N-methyl/N-ethyl adjacent to an activating group) is 1. The predicted molar refractivity (Wildman–Crippen MR) is 97.0 cm³/mol. The molecule has 0 spiro atoms. The number of rotatable bonds is 7. The van der Waals surface area contributed by atoms with Gasteiger partial charge in [0.1, 0.15) is 18.3 Å². The molecule has 0 saturated heterocycles. The van der Waals surface area contributed by atoms with E-state index in [0.29, 0.717) is 0 Å². The van der Waals surface area contributed by atoms with Crippen LogP contribution in [0, 0.1) is 0 Å². The molecule has 126 valence electrons. The topological polar surface area (TPSA) is 42.8 Å². The van der Waals surface area contributed by atoms with Crippen LogP contribution in [0.1, 0.15) is 17.2 Å². The molecule has 0 radical (unpaired) electrons. The van der Waals surface area contributed by atoms with Crippen LogP contribution in [0.15, 0.2) is 60.7 Å². The van der Waals surface area contributed by atoms with Gasteiger partial charge in [-0.1, -0.05) is 48.5 Å². The van der Waals surface area contributed by atoms with Crippen molar-refractivity contribution in [3.8, 4) is 5.75 Å². The molecule has 2 aromatic rings. The molecular weight excluding hydrogens is 300 g/mol. The van der Waals surface area contributed by atoms with Gasteiger partial charge in [0.25, 0.3) is 0 Å². The van der Waals surface area contributed by atoms with E-state index in [2.05, 4.69) is 19.4 Å². The largest absolute Gasteiger partial charge is 0.496 e. The molecule has 2 aromatic carbocycles. The van der Waals surface area contributed by atoms with Gasteiger partial charge in [-0.05, 0) is 17.7 Å². The number of carbonyl (C=O) groups is 1. The van der Waals surface area contributed by atoms with Crippen LogP contribution >= 0.6 is 0 Å². The maximum atomic E-state index is 12.3. The molecule has 4 nitrogen and oxygen atoms in total. The number of para-hydroxylation sites is 1. The van der Waals surface area contributed by atoms with E-state index in [0.717, 1.165) is 23.4 Å². The van der Waals surface area contributed by atoms with Crippen LogP contribution in [0.5, 0.6) is 5.75 Å². The lowest BCUT2D eigenvalue weighted by Gasteiger charge is -2.20. The number of ether oxygens (including phenoxy) is 1. The van der Waals surface area contributed by atoms with Gasteiger partial charge < -0.3 is 15.0 Å². The van der Waals surface area contributed by atoms with Gasteiger partial charge in [-0.15, -0.1) is 0 Å². The highest BCUT2D eigenvalue weighted by molar-refractivity contribution is 5.92. The molecule has 2 rings (SSSR count). The molecule has 0 aliphatic rings. The third-order valence-corrected chi connectivity index (χ3v) is 3.68. The smallest absolute Gasteiger partial charge is 0.244 e. The van der Waals surface area contributed by atoms with Crippen LogP contribution in [-0.4, -0.2) is 33.7 Å². The summed E-state index contributed by atoms with van der Waals surface area (Å²) in [5.74, 6) is 0.634. The van der Waals surface area contributed by atoms with Crippen molar-refractivity contribution in [2.45, 2.75) is 6.04 Å². The number of amides is 1. The number of hydrogen-bond donors (Lipinski definition) is 2. The summed E-state index contributed by atoms with van der Waals surface area (Å²) in [6.07, 6.45) is 3.33. The molecule has 1 atom stereocenters. The minimum atomic E-state index is -0.115. The predicted octanol–water partition coefficient (Wildman–Crippen LogP) is 1.71. The zero-order valence-corrected chi connectivity index (χ0v) is 14.5. The summed E-state index contributed by atoms with van der Waals surface area (Å²) in [6.45, 7) is 0.818. The van der Waals surface area contributed by atoms with E-state index in [9.17, 15) is 4.79 Å². The number of hydrogen-bond acceptors (Lipinski definition) is 2. The Labute approximate surface area is 143 Å². The van der Waals surface area contributed by atoms with Crippen LogP contribution < -0.4 is 15.0 Å². The number of carbonyl (C=O) groups excluding carboxylic acids is 1. The number of methoxy groups -OCH3 is 1. The molecular formula is C20H25N2O2+. The first kappa shape index (κ1) is 17.8. The fourth-order valence-corrected chi connectivity index (χ4v) is 2.54. The zero-order chi connectivity index (χ0) is 17.4. The maximum Gasteiger partial charge on any atom is 0.244 e. The minimum absolute atomic E-state index is 0.0222. The third-order valence-electron chi connectivity index (χ3n) is 3.68. The molecule has 4 heteroatoms. The quantitative estimate of drug-likeness (QED) is 0.761. The Hall–Kier alpha value is -2.59. The normalized spacial score (nSPS) is 12.3. The van der Waals surface area contributed by atoms with Gasteiger partial charge in [0.2, 0.25) is 5.91 Å². The lowest BCUT2D eigenvalue weighted by atomic mass is 10.1. The van der Waals surface area contributed by atoms with Crippen LogP contribution in [0.3, 0.4) is 0 Å². The molecule has 24 heavy (non-hydrogen) atoms. The summed E-state index contributed by atoms with van der Waals surface area (Å²) in [5.41, 5.74) is 1.99. The lowest BCUT2D eigenvalue weighted by Crippen LogP contribution is -3.06. The van der Waals surface area contributed by atoms with Crippen LogP contribution in [-0.2, 0) is 4.79 Å². The van der Waals surface area contributed by atoms with Crippen molar-refractivity contribution in [3.63, 3.8) is 0 Å². The average molecular weight is 325 g/mol. The molecule has 0 saturated carbocycles. The first-order chi connectivity index (χ1) is 11.6. The van der Waals surface area contributed by atoms with Gasteiger partial charge in [-0.2, -0.15) is 0 Å². The summed E-state index contributed by atoms with van der Waals surface area (Å²) in [4.78, 5) is 13.6. The van der Waals surface area contributed by atoms with E-state index >= 15 is 0 Å². The Morgan fingerprint density at radius 1 is 1.12 bits per heavy atom. The van der Waals surface area contributed by atoms with Gasteiger partial charge in [-0.25, -0.2) is 0 Å². The summed E-state index contributed by atoms with van der Waals surface area (Å²) in [7, 11) is 5.78. The van der Waals surface area contributed by atoms with Crippen molar-refractivity contribution in [2.24, 2.45) is 0 Å². The van der Waals surface area contributed by atoms with Gasteiger partial charge in [0.15, 0.2) is 0 Å². The highest BCUT2D eigenvalue weighted by Gasteiger charge is 2.16. The number of nitrogens with one attached hydrogen (secondary N) is 2. The summed E-state index contributed by atoms with van der Waals surface area (Å²) in [5, 5.41) is 3.08. The monoisotopic (exact) mass is 325 g/mol. The summed E-state index contributed by atoms with van der Waals surface area (Å²) >= 11 is 0. The van der Waals surface area contributed by atoms with Crippen molar-refractivity contribution < 1.29 is 14.4 Å². The Morgan fingerprint density at radius 2 is 1.79 bits per heavy atom. The van der Waals surface area contributed by atoms with Gasteiger partial charge >= 0.3 is 0 Å². The van der Waals surface area contributed by atoms with Crippen LogP contribution in [0.2, 0.25) is 0 Å². The molecule has 0 aliphatic carbocycles. The highest BCUT2D eigenvalue weighted by Crippen LogP contribution is 2.18. The summed E-state index contributed by atoms with van der Waals surface area (Å²) < 4.78 is 5.29. The van der Waals surface area contributed by atoms with Crippen molar-refractivity contribution in [3.05, 3.63) is 71.8 Å². The van der Waals surface area contributed by atoms with Crippen LogP contribution in [0.25, 0.3) is 6.08 Å². The van der Waals surface area contributed by atoms with E-state index in [1.807, 2.05) is 54.6 Å². The van der Waals surface area contributed by atoms with Crippen molar-refractivity contribution in [1.29, 1.82) is 0 Å². The fraction of sp³-hybridized carbons (Fsp3) is 0.250. The van der Waals surface area contributed by atoms with E-state index < -0.39 is 0 Å². The van der Waals surface area contributed by atoms with Gasteiger partial charge in [0.05, 0.1) is 21.2 Å². The molecule has 0 heterocycles. The first-order valence-corrected chi connectivity index (χ1v) is 8.05. The Morgan fingerprint density at radius 3 is 2.46 bits per heavy atom. The zero-order valence-electron chi connectivity index (χ0n) is 14.5. The molecule has 1 amide bonds. The third kappa shape index (κ3) is 5.25. The second-order valence-corrected chi connectivity index (χ2v) is 5.96. The molecule has 0 unspecified atom stereocenters. The van der Waals surface area contributed by atoms with E-state index in [4.69, 9.17) is 4.74 Å². The molecule has 0 aromatic heterocycles. The number of benzene rings is 2. The lowest BCUT2D eigenvalue weighted by molar-refractivity contribution is -0.860. The molecule has 2 N–H and O–H groups in total. The van der Waals surface area contributed by atoms with E-state index in [1.165, 1.54) is 4.90 Å². The van der Waals surface area contributed by atoms with Crippen molar-refractivity contribution in [2.75, 3.05) is 27.7 Å². The van der Waals surface area contributed by atoms with Crippen molar-refractivity contribution >= 4 is 12.0 Å². The SMILES string of the molecule is COc1ccccc1/C=C/C(=O)N[C@@H](C[NH+](C)C)c1ccccc1. The minimum Gasteiger partial charge on any atom is -0.496 e. The molecule has 0 bridgehead atoms. The van der Waals surface area contributed by atoms with Crippen molar-refractivity contribution in [1.82, 2.24) is 5.32 Å². The second-order valence-electron chi connectivity index (χ2n) is 5.96. The summed E-state index contributed by atoms with van der Waals surface area (Å²) in [6, 6.07) is 17.6. The Balaban J connectivity index is 2.09. The Kier molecular flexibility index (Phi) is 6.58. The molecule has 0 aliphatic heterocycles. The van der Waals surface area contributed by atoms with Gasteiger partial charge in [0, 0.05) is 11.6 Å².